The number of sulfonamides is 1. The molecule has 1 aromatic heterocycles. The van der Waals surface area contributed by atoms with Crippen LogP contribution in [0.15, 0.2) is 11.2 Å². The number of rotatable bonds is 8. The van der Waals surface area contributed by atoms with E-state index in [1.165, 1.54) is 7.11 Å². The summed E-state index contributed by atoms with van der Waals surface area (Å²) in [5.41, 5.74) is 0. The Bertz CT molecular complexity index is 501. The van der Waals surface area contributed by atoms with Gasteiger partial charge in [0.2, 0.25) is 0 Å². The predicted octanol–water partition coefficient (Wildman–Crippen LogP) is 1.13. The number of alkyl halides is 1. The zero-order valence-corrected chi connectivity index (χ0v) is 13.0. The first-order valence-corrected chi connectivity index (χ1v) is 7.99. The van der Waals surface area contributed by atoms with E-state index >= 15 is 0 Å². The van der Waals surface area contributed by atoms with Crippen LogP contribution in [0.1, 0.15) is 19.2 Å². The van der Waals surface area contributed by atoms with E-state index in [0.29, 0.717) is 5.82 Å². The quantitative estimate of drug-likeness (QED) is 0.731. The van der Waals surface area contributed by atoms with Gasteiger partial charge in [0, 0.05) is 26.4 Å². The van der Waals surface area contributed by atoms with Gasteiger partial charge in [0.1, 0.15) is 5.82 Å². The number of nitrogens with zero attached hydrogens (tertiary/aromatic N) is 2. The maximum Gasteiger partial charge on any atom is 0.259 e. The number of aromatic nitrogens is 2. The topological polar surface area (TPSA) is 73.2 Å². The molecule has 0 aliphatic carbocycles. The van der Waals surface area contributed by atoms with Crippen molar-refractivity contribution in [3.8, 4) is 0 Å². The van der Waals surface area contributed by atoms with Crippen LogP contribution in [0.25, 0.3) is 0 Å². The van der Waals surface area contributed by atoms with Gasteiger partial charge in [-0.25, -0.2) is 18.1 Å². The average molecular weight is 310 g/mol. The molecule has 0 radical (unpaired) electrons. The highest BCUT2D eigenvalue weighted by molar-refractivity contribution is 7.89. The van der Waals surface area contributed by atoms with Crippen LogP contribution in [0.5, 0.6) is 0 Å². The summed E-state index contributed by atoms with van der Waals surface area (Å²) in [6.45, 7) is 4.94. The molecule has 0 amide bonds. The second-order valence-corrected chi connectivity index (χ2v) is 6.56. The first kappa shape index (κ1) is 16.4. The van der Waals surface area contributed by atoms with Crippen LogP contribution >= 0.6 is 11.6 Å². The largest absolute Gasteiger partial charge is 0.383 e. The number of halogens is 1. The van der Waals surface area contributed by atoms with Crippen molar-refractivity contribution in [1.29, 1.82) is 0 Å². The molecule has 1 rings (SSSR count). The fourth-order valence-electron chi connectivity index (χ4n) is 1.59. The molecule has 8 heteroatoms. The molecule has 19 heavy (non-hydrogen) atoms. The Balaban J connectivity index is 2.74. The fourth-order valence-corrected chi connectivity index (χ4v) is 2.97. The number of ether oxygens (including phenoxy) is 1. The van der Waals surface area contributed by atoms with Crippen molar-refractivity contribution in [2.75, 3.05) is 20.3 Å². The van der Waals surface area contributed by atoms with Gasteiger partial charge in [-0.05, 0) is 13.3 Å². The molecule has 0 saturated carbocycles. The Morgan fingerprint density at radius 3 is 2.84 bits per heavy atom. The van der Waals surface area contributed by atoms with Crippen molar-refractivity contribution < 1.29 is 13.2 Å². The van der Waals surface area contributed by atoms with E-state index in [1.54, 1.807) is 13.1 Å². The van der Waals surface area contributed by atoms with Crippen LogP contribution in [-0.2, 0) is 21.3 Å². The zero-order chi connectivity index (χ0) is 14.5. The summed E-state index contributed by atoms with van der Waals surface area (Å²) < 4.78 is 33.1. The molecule has 6 nitrogen and oxygen atoms in total. The van der Waals surface area contributed by atoms with E-state index in [-0.39, 0.29) is 18.2 Å². The molecule has 0 saturated heterocycles. The third-order valence-electron chi connectivity index (χ3n) is 2.54. The van der Waals surface area contributed by atoms with Crippen LogP contribution in [0.3, 0.4) is 0 Å². The Kier molecular flexibility index (Phi) is 6.25. The van der Waals surface area contributed by atoms with Crippen molar-refractivity contribution in [3.63, 3.8) is 0 Å². The van der Waals surface area contributed by atoms with E-state index in [9.17, 15) is 8.42 Å². The van der Waals surface area contributed by atoms with Gasteiger partial charge in [-0.3, -0.25) is 0 Å². The molecule has 1 N–H and O–H groups in total. The van der Waals surface area contributed by atoms with Gasteiger partial charge in [0.25, 0.3) is 10.0 Å². The zero-order valence-electron chi connectivity index (χ0n) is 11.4. The highest BCUT2D eigenvalue weighted by Gasteiger charge is 2.20. The van der Waals surface area contributed by atoms with Crippen LogP contribution in [0, 0.1) is 6.92 Å². The van der Waals surface area contributed by atoms with Gasteiger partial charge >= 0.3 is 0 Å². The first-order chi connectivity index (χ1) is 8.90. The van der Waals surface area contributed by atoms with E-state index in [1.807, 2.05) is 11.5 Å². The fraction of sp³-hybridized carbons (Fsp3) is 0.727. The third-order valence-corrected chi connectivity index (χ3v) is 4.11. The van der Waals surface area contributed by atoms with Crippen molar-refractivity contribution in [2.45, 2.75) is 37.2 Å². The van der Waals surface area contributed by atoms with E-state index < -0.39 is 15.4 Å². The highest BCUT2D eigenvalue weighted by atomic mass is 35.5. The minimum Gasteiger partial charge on any atom is -0.383 e. The molecule has 1 aromatic rings. The molecular formula is C11H20ClN3O3S. The second-order valence-electron chi connectivity index (χ2n) is 4.22. The number of hydrogen-bond donors (Lipinski definition) is 1. The Labute approximate surface area is 119 Å². The van der Waals surface area contributed by atoms with E-state index in [4.69, 9.17) is 16.3 Å². The van der Waals surface area contributed by atoms with Gasteiger partial charge < -0.3 is 9.30 Å². The van der Waals surface area contributed by atoms with Gasteiger partial charge in [-0.2, -0.15) is 0 Å². The lowest BCUT2D eigenvalue weighted by Crippen LogP contribution is -2.32. The summed E-state index contributed by atoms with van der Waals surface area (Å²) in [5.74, 6) is 0.682. The first-order valence-electron chi connectivity index (χ1n) is 6.07. The van der Waals surface area contributed by atoms with Crippen molar-refractivity contribution in [2.24, 2.45) is 0 Å². The molecule has 0 aliphatic rings. The number of nitrogens with one attached hydrogen (secondary N) is 1. The molecule has 0 bridgehead atoms. The second kappa shape index (κ2) is 7.23. The van der Waals surface area contributed by atoms with Gasteiger partial charge in [-0.1, -0.05) is 6.92 Å². The van der Waals surface area contributed by atoms with Crippen LogP contribution in [0.2, 0.25) is 0 Å². The maximum atomic E-state index is 12.0. The molecule has 0 aliphatic heterocycles. The van der Waals surface area contributed by atoms with Crippen LogP contribution < -0.4 is 4.72 Å². The molecule has 110 valence electrons. The average Bonchev–Trinajstić information content (AvgIpc) is 2.71. The Hall–Kier alpha value is -0.630. The molecule has 0 fully saturated rings. The minimum atomic E-state index is -3.62. The predicted molar refractivity (Wildman–Crippen MR) is 74.0 cm³/mol. The Morgan fingerprint density at radius 2 is 2.26 bits per heavy atom. The van der Waals surface area contributed by atoms with Gasteiger partial charge in [0.15, 0.2) is 5.03 Å². The minimum absolute atomic E-state index is 0.0275. The molecule has 1 atom stereocenters. The lowest BCUT2D eigenvalue weighted by Gasteiger charge is -2.08. The van der Waals surface area contributed by atoms with Crippen molar-refractivity contribution >= 4 is 21.6 Å². The number of methoxy groups -OCH3 is 1. The summed E-state index contributed by atoms with van der Waals surface area (Å²) in [6, 6.07) is 0. The highest BCUT2D eigenvalue weighted by Crippen LogP contribution is 2.10. The number of hydrogen-bond acceptors (Lipinski definition) is 4. The smallest absolute Gasteiger partial charge is 0.259 e. The van der Waals surface area contributed by atoms with Crippen LogP contribution in [0.4, 0.5) is 0 Å². The number of aryl methyl sites for hydroxylation is 2. The van der Waals surface area contributed by atoms with Gasteiger partial charge in [0.05, 0.1) is 12.0 Å². The van der Waals surface area contributed by atoms with E-state index in [0.717, 1.165) is 13.0 Å². The summed E-state index contributed by atoms with van der Waals surface area (Å²) in [7, 11) is -2.10. The molecule has 0 aromatic carbocycles. The van der Waals surface area contributed by atoms with Crippen molar-refractivity contribution in [3.05, 3.63) is 12.0 Å². The van der Waals surface area contributed by atoms with Gasteiger partial charge in [-0.15, -0.1) is 11.6 Å². The molecule has 1 heterocycles. The number of imidazole rings is 1. The third kappa shape index (κ3) is 4.76. The van der Waals surface area contributed by atoms with Crippen LogP contribution in [-0.4, -0.2) is 43.6 Å². The van der Waals surface area contributed by atoms with E-state index in [2.05, 4.69) is 9.71 Å². The molecule has 0 spiro atoms. The Morgan fingerprint density at radius 1 is 1.58 bits per heavy atom. The lowest BCUT2D eigenvalue weighted by atomic mass is 10.5. The standard InChI is InChI=1S/C11H20ClN3O3S/c1-4-5-15-7-11(14-9(15)2)19(16,17)13-6-10(12)8-18-3/h7,10,13H,4-6,8H2,1-3H3. The summed E-state index contributed by atoms with van der Waals surface area (Å²) in [5, 5.41) is -0.377. The molecule has 1 unspecified atom stereocenters. The monoisotopic (exact) mass is 309 g/mol. The summed E-state index contributed by atoms with van der Waals surface area (Å²) >= 11 is 5.88. The summed E-state index contributed by atoms with van der Waals surface area (Å²) in [6.07, 6.45) is 2.46. The normalized spacial score (nSPS) is 13.7. The van der Waals surface area contributed by atoms with Crippen molar-refractivity contribution in [1.82, 2.24) is 14.3 Å². The SMILES string of the molecule is CCCn1cc(S(=O)(=O)NCC(Cl)COC)nc1C. The summed E-state index contributed by atoms with van der Waals surface area (Å²) in [4.78, 5) is 4.06. The maximum absolute atomic E-state index is 12.0. The lowest BCUT2D eigenvalue weighted by molar-refractivity contribution is 0.198. The molecular weight excluding hydrogens is 290 g/mol.